The third kappa shape index (κ3) is 2.19. The molecule has 1 aliphatic rings. The fraction of sp³-hybridized carbons (Fsp3) is 0.143. The molecule has 0 unspecified atom stereocenters. The molecule has 0 saturated carbocycles. The zero-order valence-electron chi connectivity index (χ0n) is 9.74. The zero-order chi connectivity index (χ0) is 12.4. The molecule has 0 bridgehead atoms. The predicted molar refractivity (Wildman–Crippen MR) is 71.8 cm³/mol. The van der Waals surface area contributed by atoms with Gasteiger partial charge in [0.2, 0.25) is 5.91 Å². The molecule has 0 radical (unpaired) electrons. The highest BCUT2D eigenvalue weighted by atomic mass is 32.1. The third-order valence-corrected chi connectivity index (χ3v) is 3.77. The van der Waals surface area contributed by atoms with Crippen LogP contribution in [0.25, 0.3) is 6.08 Å². The summed E-state index contributed by atoms with van der Waals surface area (Å²) >= 11 is 1.62. The van der Waals surface area contributed by atoms with Crippen molar-refractivity contribution in [3.8, 4) is 0 Å². The molecular weight excluding hydrogens is 244 g/mol. The number of carbonyl (C=O) groups excluding carboxylic acids is 1. The molecule has 1 amide bonds. The number of hydrogen-bond acceptors (Lipinski definition) is 3. The average molecular weight is 256 g/mol. The van der Waals surface area contributed by atoms with E-state index in [0.29, 0.717) is 13.1 Å². The predicted octanol–water partition coefficient (Wildman–Crippen LogP) is 2.70. The van der Waals surface area contributed by atoms with Crippen LogP contribution in [-0.4, -0.2) is 15.8 Å². The molecule has 0 aliphatic carbocycles. The van der Waals surface area contributed by atoms with Gasteiger partial charge in [-0.15, -0.1) is 11.3 Å². The van der Waals surface area contributed by atoms with Crippen molar-refractivity contribution in [3.63, 3.8) is 0 Å². The van der Waals surface area contributed by atoms with Crippen molar-refractivity contribution < 1.29 is 4.79 Å². The van der Waals surface area contributed by atoms with Crippen LogP contribution in [0.15, 0.2) is 41.9 Å². The van der Waals surface area contributed by atoms with Crippen LogP contribution in [0.1, 0.15) is 16.1 Å². The van der Waals surface area contributed by atoms with Gasteiger partial charge in [-0.2, -0.15) is 0 Å². The van der Waals surface area contributed by atoms with E-state index in [1.807, 2.05) is 40.6 Å². The Hall–Kier alpha value is -1.94. The molecule has 0 N–H and O–H groups in total. The number of pyridine rings is 1. The van der Waals surface area contributed by atoms with Crippen LogP contribution in [0.5, 0.6) is 0 Å². The van der Waals surface area contributed by atoms with Crippen LogP contribution < -0.4 is 0 Å². The largest absolute Gasteiger partial charge is 0.329 e. The van der Waals surface area contributed by atoms with Crippen molar-refractivity contribution in [1.82, 2.24) is 9.88 Å². The van der Waals surface area contributed by atoms with E-state index in [-0.39, 0.29) is 5.91 Å². The molecule has 2 aromatic rings. The molecule has 0 spiro atoms. The molecule has 3 nitrogen and oxygen atoms in total. The standard InChI is InChI=1S/C14H12N2OS/c17-14(6-5-12-4-2-8-18-12)16-9-11-3-1-7-15-13(11)10-16/h1-8H,9-10H2/b6-5+. The summed E-state index contributed by atoms with van der Waals surface area (Å²) in [6.07, 6.45) is 5.27. The summed E-state index contributed by atoms with van der Waals surface area (Å²) in [5, 5.41) is 2.00. The van der Waals surface area contributed by atoms with Gasteiger partial charge in [0.15, 0.2) is 0 Å². The topological polar surface area (TPSA) is 33.2 Å². The van der Waals surface area contributed by atoms with Crippen LogP contribution >= 0.6 is 11.3 Å². The minimum absolute atomic E-state index is 0.0430. The average Bonchev–Trinajstić information content (AvgIpc) is 3.04. The van der Waals surface area contributed by atoms with Crippen LogP contribution in [0.4, 0.5) is 0 Å². The van der Waals surface area contributed by atoms with Gasteiger partial charge >= 0.3 is 0 Å². The van der Waals surface area contributed by atoms with E-state index in [4.69, 9.17) is 0 Å². The first kappa shape index (κ1) is 11.2. The van der Waals surface area contributed by atoms with Gasteiger partial charge in [-0.1, -0.05) is 12.1 Å². The van der Waals surface area contributed by atoms with Crippen molar-refractivity contribution in [2.75, 3.05) is 0 Å². The Labute approximate surface area is 109 Å². The van der Waals surface area contributed by atoms with Gasteiger partial charge in [-0.25, -0.2) is 0 Å². The maximum Gasteiger partial charge on any atom is 0.247 e. The summed E-state index contributed by atoms with van der Waals surface area (Å²) in [6.45, 7) is 1.28. The molecule has 0 saturated heterocycles. The molecule has 4 heteroatoms. The maximum absolute atomic E-state index is 12.0. The van der Waals surface area contributed by atoms with Gasteiger partial charge < -0.3 is 4.90 Å². The number of amides is 1. The fourth-order valence-electron chi connectivity index (χ4n) is 2.00. The number of nitrogens with zero attached hydrogens (tertiary/aromatic N) is 2. The molecule has 3 rings (SSSR count). The van der Waals surface area contributed by atoms with Crippen molar-refractivity contribution >= 4 is 23.3 Å². The van der Waals surface area contributed by atoms with Gasteiger partial charge in [-0.05, 0) is 29.2 Å². The smallest absolute Gasteiger partial charge is 0.247 e. The van der Waals surface area contributed by atoms with E-state index in [0.717, 1.165) is 16.1 Å². The first-order chi connectivity index (χ1) is 8.83. The molecule has 0 atom stereocenters. The summed E-state index contributed by atoms with van der Waals surface area (Å²) in [4.78, 5) is 19.2. The monoisotopic (exact) mass is 256 g/mol. The lowest BCUT2D eigenvalue weighted by Crippen LogP contribution is -2.23. The lowest BCUT2D eigenvalue weighted by molar-refractivity contribution is -0.126. The van der Waals surface area contributed by atoms with Gasteiger partial charge in [0, 0.05) is 23.7 Å². The Balaban J connectivity index is 1.69. The second-order valence-corrected chi connectivity index (χ2v) is 5.13. The van der Waals surface area contributed by atoms with Crippen LogP contribution in [0, 0.1) is 0 Å². The number of aromatic nitrogens is 1. The second kappa shape index (κ2) is 4.74. The fourth-order valence-corrected chi connectivity index (χ4v) is 2.62. The highest BCUT2D eigenvalue weighted by Crippen LogP contribution is 2.20. The summed E-state index contributed by atoms with van der Waals surface area (Å²) in [7, 11) is 0. The summed E-state index contributed by atoms with van der Waals surface area (Å²) in [5.41, 5.74) is 2.16. The number of hydrogen-bond donors (Lipinski definition) is 0. The van der Waals surface area contributed by atoms with Crippen molar-refractivity contribution in [2.24, 2.45) is 0 Å². The Bertz CT molecular complexity index is 565. The van der Waals surface area contributed by atoms with E-state index in [9.17, 15) is 4.79 Å². The van der Waals surface area contributed by atoms with Crippen molar-refractivity contribution in [2.45, 2.75) is 13.1 Å². The van der Waals surface area contributed by atoms with E-state index in [2.05, 4.69) is 4.98 Å². The quantitative estimate of drug-likeness (QED) is 0.774. The first-order valence-corrected chi connectivity index (χ1v) is 6.64. The first-order valence-electron chi connectivity index (χ1n) is 5.76. The van der Waals surface area contributed by atoms with Crippen molar-refractivity contribution in [3.05, 3.63) is 58.1 Å². The minimum atomic E-state index is 0.0430. The number of thiophene rings is 1. The van der Waals surface area contributed by atoms with Crippen LogP contribution in [0.3, 0.4) is 0 Å². The lowest BCUT2D eigenvalue weighted by atomic mass is 10.2. The molecule has 90 valence electrons. The summed E-state index contributed by atoms with van der Waals surface area (Å²) in [5.74, 6) is 0.0430. The van der Waals surface area contributed by atoms with Gasteiger partial charge in [0.1, 0.15) is 0 Å². The van der Waals surface area contributed by atoms with E-state index >= 15 is 0 Å². The second-order valence-electron chi connectivity index (χ2n) is 4.15. The maximum atomic E-state index is 12.0. The molecule has 3 heterocycles. The van der Waals surface area contributed by atoms with Gasteiger partial charge in [-0.3, -0.25) is 9.78 Å². The number of fused-ring (bicyclic) bond motifs is 1. The van der Waals surface area contributed by atoms with Crippen LogP contribution in [-0.2, 0) is 17.9 Å². The highest BCUT2D eigenvalue weighted by molar-refractivity contribution is 7.10. The van der Waals surface area contributed by atoms with Crippen molar-refractivity contribution in [1.29, 1.82) is 0 Å². The SMILES string of the molecule is O=C(/C=C/c1cccs1)N1Cc2cccnc2C1. The molecular formula is C14H12N2OS. The van der Waals surface area contributed by atoms with E-state index < -0.39 is 0 Å². The third-order valence-electron chi connectivity index (χ3n) is 2.93. The summed E-state index contributed by atoms with van der Waals surface area (Å²) < 4.78 is 0. The molecule has 18 heavy (non-hydrogen) atoms. The molecule has 0 aromatic carbocycles. The van der Waals surface area contributed by atoms with Gasteiger partial charge in [0.05, 0.1) is 12.2 Å². The Morgan fingerprint density at radius 1 is 1.33 bits per heavy atom. The molecule has 2 aromatic heterocycles. The molecule has 0 fully saturated rings. The van der Waals surface area contributed by atoms with E-state index in [1.54, 1.807) is 23.6 Å². The zero-order valence-corrected chi connectivity index (χ0v) is 10.6. The summed E-state index contributed by atoms with van der Waals surface area (Å²) in [6, 6.07) is 7.91. The Morgan fingerprint density at radius 2 is 2.28 bits per heavy atom. The normalized spacial score (nSPS) is 14.1. The minimum Gasteiger partial charge on any atom is -0.329 e. The van der Waals surface area contributed by atoms with E-state index in [1.165, 1.54) is 0 Å². The lowest BCUT2D eigenvalue weighted by Gasteiger charge is -2.11. The molecule has 1 aliphatic heterocycles. The Morgan fingerprint density at radius 3 is 3.06 bits per heavy atom. The highest BCUT2D eigenvalue weighted by Gasteiger charge is 2.22. The Kier molecular flexibility index (Phi) is 2.94. The number of rotatable bonds is 2. The van der Waals surface area contributed by atoms with Gasteiger partial charge in [0.25, 0.3) is 0 Å². The van der Waals surface area contributed by atoms with Crippen LogP contribution in [0.2, 0.25) is 0 Å². The number of carbonyl (C=O) groups is 1.